The molecule has 0 saturated carbocycles. The summed E-state index contributed by atoms with van der Waals surface area (Å²) in [7, 11) is 0. The highest BCUT2D eigenvalue weighted by Crippen LogP contribution is 2.15. The highest BCUT2D eigenvalue weighted by Gasteiger charge is 2.03. The van der Waals surface area contributed by atoms with Crippen molar-refractivity contribution in [2.24, 2.45) is 0 Å². The van der Waals surface area contributed by atoms with Gasteiger partial charge >= 0.3 is 0 Å². The van der Waals surface area contributed by atoms with Crippen molar-refractivity contribution < 1.29 is 5.11 Å². The molecule has 0 bridgehead atoms. The van der Waals surface area contributed by atoms with Crippen LogP contribution in [0, 0.1) is 11.8 Å². The predicted molar refractivity (Wildman–Crippen MR) is 69.5 cm³/mol. The van der Waals surface area contributed by atoms with E-state index in [4.69, 9.17) is 5.11 Å². The maximum absolute atomic E-state index is 8.63. The highest BCUT2D eigenvalue weighted by atomic mass is 32.1. The minimum Gasteiger partial charge on any atom is -0.395 e. The molecule has 1 rings (SSSR count). The molecule has 0 aliphatic carbocycles. The molecule has 1 aromatic heterocycles. The van der Waals surface area contributed by atoms with Gasteiger partial charge in [-0.15, -0.1) is 11.3 Å². The lowest BCUT2D eigenvalue weighted by atomic mass is 10.3. The second kappa shape index (κ2) is 7.45. The van der Waals surface area contributed by atoms with Crippen LogP contribution in [0.15, 0.2) is 11.4 Å². The zero-order valence-electron chi connectivity index (χ0n) is 9.99. The highest BCUT2D eigenvalue weighted by molar-refractivity contribution is 7.10. The number of aliphatic hydroxyl groups is 1. The van der Waals surface area contributed by atoms with Gasteiger partial charge < -0.3 is 5.11 Å². The Morgan fingerprint density at radius 3 is 2.75 bits per heavy atom. The zero-order valence-corrected chi connectivity index (χ0v) is 10.8. The van der Waals surface area contributed by atoms with Gasteiger partial charge in [-0.3, -0.25) is 4.90 Å². The Kier molecular flexibility index (Phi) is 6.17. The third kappa shape index (κ3) is 4.36. The number of rotatable bonds is 5. The van der Waals surface area contributed by atoms with Crippen molar-refractivity contribution in [3.63, 3.8) is 0 Å². The molecule has 2 nitrogen and oxygen atoms in total. The first-order chi connectivity index (χ1) is 7.80. The van der Waals surface area contributed by atoms with Crippen LogP contribution in [0.2, 0.25) is 0 Å². The van der Waals surface area contributed by atoms with Gasteiger partial charge in [0.25, 0.3) is 0 Å². The topological polar surface area (TPSA) is 23.5 Å². The average Bonchev–Trinajstić information content (AvgIpc) is 2.74. The third-order valence-corrected chi connectivity index (χ3v) is 3.32. The van der Waals surface area contributed by atoms with Gasteiger partial charge in [-0.05, 0) is 19.2 Å². The number of nitrogens with zero attached hydrogens (tertiary/aromatic N) is 1. The SMILES string of the molecule is CCN(CC)Cc1cc(C#CCCO)cs1. The van der Waals surface area contributed by atoms with Crippen molar-refractivity contribution in [2.45, 2.75) is 26.8 Å². The summed E-state index contributed by atoms with van der Waals surface area (Å²) in [5, 5.41) is 10.7. The standard InChI is InChI=1S/C13H19NOS/c1-3-14(4-2)10-13-9-12(11-16-13)7-5-6-8-15/h9,11,15H,3-4,6,8,10H2,1-2H3. The van der Waals surface area contributed by atoms with Crippen LogP contribution >= 0.6 is 11.3 Å². The number of hydrogen-bond acceptors (Lipinski definition) is 3. The van der Waals surface area contributed by atoms with Gasteiger partial charge in [-0.2, -0.15) is 0 Å². The zero-order chi connectivity index (χ0) is 11.8. The normalized spacial score (nSPS) is 10.2. The molecule has 0 fully saturated rings. The van der Waals surface area contributed by atoms with Gasteiger partial charge in [0.15, 0.2) is 0 Å². The molecule has 88 valence electrons. The second-order valence-electron chi connectivity index (χ2n) is 3.54. The van der Waals surface area contributed by atoms with Crippen molar-refractivity contribution in [3.8, 4) is 11.8 Å². The summed E-state index contributed by atoms with van der Waals surface area (Å²) in [5.41, 5.74) is 1.07. The summed E-state index contributed by atoms with van der Waals surface area (Å²) in [6, 6.07) is 2.15. The first kappa shape index (κ1) is 13.2. The summed E-state index contributed by atoms with van der Waals surface area (Å²) in [6.45, 7) is 7.68. The van der Waals surface area contributed by atoms with Gasteiger partial charge in [0, 0.05) is 28.8 Å². The van der Waals surface area contributed by atoms with Crippen LogP contribution in [0.3, 0.4) is 0 Å². The Balaban J connectivity index is 2.55. The molecule has 1 N–H and O–H groups in total. The average molecular weight is 237 g/mol. The molecule has 1 heterocycles. The first-order valence-corrected chi connectivity index (χ1v) is 6.57. The van der Waals surface area contributed by atoms with Crippen LogP contribution in [0.4, 0.5) is 0 Å². The number of thiophene rings is 1. The Hall–Kier alpha value is -0.820. The molecule has 0 saturated heterocycles. The molecule has 1 aromatic rings. The van der Waals surface area contributed by atoms with Gasteiger partial charge in [-0.25, -0.2) is 0 Å². The summed E-state index contributed by atoms with van der Waals surface area (Å²) in [6.07, 6.45) is 0.557. The second-order valence-corrected chi connectivity index (χ2v) is 4.53. The molecule has 3 heteroatoms. The van der Waals surface area contributed by atoms with Crippen molar-refractivity contribution >= 4 is 11.3 Å². The third-order valence-electron chi connectivity index (χ3n) is 2.40. The van der Waals surface area contributed by atoms with Crippen molar-refractivity contribution in [1.29, 1.82) is 0 Å². The van der Waals surface area contributed by atoms with E-state index in [-0.39, 0.29) is 6.61 Å². The van der Waals surface area contributed by atoms with E-state index in [9.17, 15) is 0 Å². The summed E-state index contributed by atoms with van der Waals surface area (Å²) in [5.74, 6) is 6.00. The maximum Gasteiger partial charge on any atom is 0.0540 e. The smallest absolute Gasteiger partial charge is 0.0540 e. The van der Waals surface area contributed by atoms with E-state index >= 15 is 0 Å². The van der Waals surface area contributed by atoms with Crippen molar-refractivity contribution in [1.82, 2.24) is 4.90 Å². The number of hydrogen-bond donors (Lipinski definition) is 1. The molecule has 0 aliphatic heterocycles. The Morgan fingerprint density at radius 2 is 2.12 bits per heavy atom. The van der Waals surface area contributed by atoms with Crippen LogP contribution in [0.1, 0.15) is 30.7 Å². The molecule has 0 aliphatic rings. The maximum atomic E-state index is 8.63. The Bertz CT molecular complexity index is 357. The molecule has 0 spiro atoms. The molecular weight excluding hydrogens is 218 g/mol. The van der Waals surface area contributed by atoms with Crippen molar-refractivity contribution in [3.05, 3.63) is 21.9 Å². The van der Waals surface area contributed by atoms with Gasteiger partial charge in [0.1, 0.15) is 0 Å². The molecule has 0 atom stereocenters. The quantitative estimate of drug-likeness (QED) is 0.795. The lowest BCUT2D eigenvalue weighted by molar-refractivity contribution is 0.298. The largest absolute Gasteiger partial charge is 0.395 e. The fourth-order valence-electron chi connectivity index (χ4n) is 1.42. The van der Waals surface area contributed by atoms with Crippen LogP contribution in [0.5, 0.6) is 0 Å². The lowest BCUT2D eigenvalue weighted by Crippen LogP contribution is -2.21. The van der Waals surface area contributed by atoms with E-state index in [0.717, 1.165) is 25.2 Å². The molecule has 0 radical (unpaired) electrons. The molecule has 0 amide bonds. The fraction of sp³-hybridized carbons (Fsp3) is 0.538. The van der Waals surface area contributed by atoms with Crippen LogP contribution in [-0.4, -0.2) is 29.7 Å². The molecule has 16 heavy (non-hydrogen) atoms. The monoisotopic (exact) mass is 237 g/mol. The lowest BCUT2D eigenvalue weighted by Gasteiger charge is -2.16. The van der Waals surface area contributed by atoms with E-state index < -0.39 is 0 Å². The van der Waals surface area contributed by atoms with Gasteiger partial charge in [0.05, 0.1) is 6.61 Å². The fourth-order valence-corrected chi connectivity index (χ4v) is 2.27. The Morgan fingerprint density at radius 1 is 1.38 bits per heavy atom. The van der Waals surface area contributed by atoms with Crippen LogP contribution < -0.4 is 0 Å². The summed E-state index contributed by atoms with van der Waals surface area (Å²) < 4.78 is 0. The van der Waals surface area contributed by atoms with Crippen molar-refractivity contribution in [2.75, 3.05) is 19.7 Å². The van der Waals surface area contributed by atoms with E-state index in [2.05, 4.69) is 42.0 Å². The van der Waals surface area contributed by atoms with E-state index in [1.165, 1.54) is 4.88 Å². The van der Waals surface area contributed by atoms with E-state index in [1.807, 2.05) is 0 Å². The van der Waals surface area contributed by atoms with E-state index in [0.29, 0.717) is 6.42 Å². The van der Waals surface area contributed by atoms with E-state index in [1.54, 1.807) is 11.3 Å². The minimum atomic E-state index is 0.142. The predicted octanol–water partition coefficient (Wildman–Crippen LogP) is 2.32. The molecule has 0 aromatic carbocycles. The van der Waals surface area contributed by atoms with Gasteiger partial charge in [0.2, 0.25) is 0 Å². The Labute approximate surface area is 102 Å². The summed E-state index contributed by atoms with van der Waals surface area (Å²) >= 11 is 1.76. The number of aliphatic hydroxyl groups excluding tert-OH is 1. The van der Waals surface area contributed by atoms with Gasteiger partial charge in [-0.1, -0.05) is 25.7 Å². The summed E-state index contributed by atoms with van der Waals surface area (Å²) in [4.78, 5) is 3.74. The molecule has 0 unspecified atom stereocenters. The van der Waals surface area contributed by atoms with Crippen LogP contribution in [-0.2, 0) is 6.54 Å². The minimum absolute atomic E-state index is 0.142. The molecular formula is C13H19NOS. The first-order valence-electron chi connectivity index (χ1n) is 5.69. The van der Waals surface area contributed by atoms with Crippen LogP contribution in [0.25, 0.3) is 0 Å².